The van der Waals surface area contributed by atoms with Gasteiger partial charge < -0.3 is 41.4 Å². The lowest BCUT2D eigenvalue weighted by Gasteiger charge is -2.21. The van der Waals surface area contributed by atoms with E-state index in [0.717, 1.165) is 80.3 Å². The van der Waals surface area contributed by atoms with Crippen LogP contribution in [-0.4, -0.2) is 106 Å². The Kier molecular flexibility index (Phi) is 20.0. The first-order valence-electron chi connectivity index (χ1n) is 26.9. The molecule has 0 unspecified atom stereocenters. The minimum atomic E-state index is -0.538. The zero-order valence-corrected chi connectivity index (χ0v) is 45.8. The monoisotopic (exact) mass is 1080 g/mol. The Morgan fingerprint density at radius 3 is 1.46 bits per heavy atom. The number of hydrogen-bond donors (Lipinski definition) is 6. The molecule has 410 valence electrons. The molecule has 0 spiro atoms. The lowest BCUT2D eigenvalue weighted by Crippen LogP contribution is -2.27. The second-order valence-electron chi connectivity index (χ2n) is 20.8. The standard InChI is InChI=1S/C30H35ClN6O3.C29H36N6O3/c31-27-13-10-23(34-28(38)21-6-2-1-3-7-21)18-26(27)29(39)35-24-19-32-30(33-20-24)36-22-8-11-25(12-9-22)40-17-16-37-14-4-5-15-37;1-20-7-8-22(33-27(37)29(2,3)4)17-25(20)26(36)32-23-18-30-28(31-19-23)34-21-9-11-24(12-10-21)38-16-15-35-13-5-6-14-35/h8-13,18-21H,1-7,14-17H2,(H,34,38)(H,35,39)(H,32,33,36);7-12,17-19H,5-6,13-16H2,1-4H3,(H,32,36)(H,33,37)(H,30,31,34). The third kappa shape index (κ3) is 17.2. The van der Waals surface area contributed by atoms with Crippen LogP contribution < -0.4 is 41.4 Å². The summed E-state index contributed by atoms with van der Waals surface area (Å²) in [7, 11) is 0. The Bertz CT molecular complexity index is 2940. The van der Waals surface area contributed by atoms with Gasteiger partial charge in [-0.25, -0.2) is 19.9 Å². The highest BCUT2D eigenvalue weighted by atomic mass is 35.5. The van der Waals surface area contributed by atoms with Crippen molar-refractivity contribution in [3.63, 3.8) is 0 Å². The molecule has 3 fully saturated rings. The number of aryl methyl sites for hydroxylation is 1. The molecule has 4 amide bonds. The summed E-state index contributed by atoms with van der Waals surface area (Å²) in [5.74, 6) is 1.61. The molecule has 78 heavy (non-hydrogen) atoms. The molecule has 0 atom stereocenters. The quantitative estimate of drug-likeness (QED) is 0.0445. The molecular weight excluding hydrogens is 1010 g/mol. The smallest absolute Gasteiger partial charge is 0.257 e. The Labute approximate surface area is 461 Å². The van der Waals surface area contributed by atoms with Crippen LogP contribution in [0.15, 0.2) is 110 Å². The number of benzene rings is 4. The van der Waals surface area contributed by atoms with Gasteiger partial charge >= 0.3 is 0 Å². The number of anilines is 8. The highest BCUT2D eigenvalue weighted by Crippen LogP contribution is 2.28. The molecule has 0 radical (unpaired) electrons. The molecule has 19 heteroatoms. The van der Waals surface area contributed by atoms with Crippen molar-refractivity contribution in [1.29, 1.82) is 0 Å². The van der Waals surface area contributed by atoms with E-state index >= 15 is 0 Å². The van der Waals surface area contributed by atoms with Gasteiger partial charge in [0.2, 0.25) is 23.7 Å². The maximum absolute atomic E-state index is 12.9. The van der Waals surface area contributed by atoms with Gasteiger partial charge in [0.05, 0.1) is 46.7 Å². The average Bonchev–Trinajstić information content (AvgIpc) is 4.19. The molecule has 2 aromatic heterocycles. The van der Waals surface area contributed by atoms with E-state index in [2.05, 4.69) is 61.6 Å². The van der Waals surface area contributed by atoms with E-state index in [1.165, 1.54) is 57.6 Å². The predicted molar refractivity (Wildman–Crippen MR) is 308 cm³/mol. The van der Waals surface area contributed by atoms with Crippen molar-refractivity contribution < 1.29 is 28.7 Å². The lowest BCUT2D eigenvalue weighted by atomic mass is 9.88. The number of rotatable bonds is 19. The molecule has 2 aliphatic heterocycles. The largest absolute Gasteiger partial charge is 0.492 e. The number of hydrogen-bond acceptors (Lipinski definition) is 14. The van der Waals surface area contributed by atoms with Crippen LogP contribution in [-0.2, 0) is 9.59 Å². The van der Waals surface area contributed by atoms with E-state index < -0.39 is 11.3 Å². The Morgan fingerprint density at radius 1 is 0.538 bits per heavy atom. The SMILES string of the molecule is Cc1ccc(NC(=O)C(C)(C)C)cc1C(=O)Nc1cnc(Nc2ccc(OCCN3CCCC3)cc2)nc1.O=C(Nc1cnc(Nc2ccc(OCCN3CCCC3)cc2)nc1)c1cc(NC(=O)C2CCCCC2)ccc1Cl. The number of ether oxygens (including phenoxy) is 2. The first-order chi connectivity index (χ1) is 37.7. The second-order valence-corrected chi connectivity index (χ2v) is 21.3. The molecule has 0 bridgehead atoms. The van der Waals surface area contributed by atoms with Gasteiger partial charge in [-0.2, -0.15) is 0 Å². The summed E-state index contributed by atoms with van der Waals surface area (Å²) in [5.41, 5.74) is 4.62. The fourth-order valence-corrected chi connectivity index (χ4v) is 9.29. The number of halogens is 1. The zero-order valence-electron chi connectivity index (χ0n) is 45.0. The second kappa shape index (κ2) is 27.6. The van der Waals surface area contributed by atoms with Gasteiger partial charge in [-0.05, 0) is 156 Å². The first-order valence-corrected chi connectivity index (χ1v) is 27.3. The molecule has 3 aliphatic rings. The van der Waals surface area contributed by atoms with Crippen LogP contribution in [0.2, 0.25) is 5.02 Å². The molecule has 18 nitrogen and oxygen atoms in total. The van der Waals surface area contributed by atoms with Crippen molar-refractivity contribution in [2.24, 2.45) is 11.3 Å². The Balaban J connectivity index is 0.000000206. The van der Waals surface area contributed by atoms with Gasteiger partial charge in [0.25, 0.3) is 11.8 Å². The van der Waals surface area contributed by atoms with E-state index in [4.69, 9.17) is 21.1 Å². The number of amides is 4. The van der Waals surface area contributed by atoms with Crippen molar-refractivity contribution in [3.8, 4) is 11.5 Å². The van der Waals surface area contributed by atoms with Gasteiger partial charge in [-0.1, -0.05) is 57.7 Å². The summed E-state index contributed by atoms with van der Waals surface area (Å²) in [4.78, 5) is 72.9. The molecular formula is C59H71ClN12O6. The van der Waals surface area contributed by atoms with Crippen LogP contribution in [0.1, 0.15) is 105 Å². The fraction of sp³-hybridized carbons (Fsp3) is 0.390. The van der Waals surface area contributed by atoms with Crippen molar-refractivity contribution in [2.45, 2.75) is 85.5 Å². The third-order valence-electron chi connectivity index (χ3n) is 13.7. The third-order valence-corrected chi connectivity index (χ3v) is 14.0. The highest BCUT2D eigenvalue weighted by Gasteiger charge is 2.24. The van der Waals surface area contributed by atoms with Crippen LogP contribution in [0, 0.1) is 18.3 Å². The molecule has 1 saturated carbocycles. The van der Waals surface area contributed by atoms with E-state index in [9.17, 15) is 19.2 Å². The van der Waals surface area contributed by atoms with Crippen LogP contribution in [0.3, 0.4) is 0 Å². The molecule has 6 aromatic rings. The topological polar surface area (TPSA) is 217 Å². The summed E-state index contributed by atoms with van der Waals surface area (Å²) in [6.45, 7) is 15.3. The van der Waals surface area contributed by atoms with E-state index in [1.54, 1.807) is 48.8 Å². The highest BCUT2D eigenvalue weighted by molar-refractivity contribution is 6.34. The summed E-state index contributed by atoms with van der Waals surface area (Å²) < 4.78 is 11.7. The molecule has 9 rings (SSSR count). The maximum atomic E-state index is 12.9. The summed E-state index contributed by atoms with van der Waals surface area (Å²) >= 11 is 6.30. The van der Waals surface area contributed by atoms with Gasteiger partial charge in [-0.3, -0.25) is 29.0 Å². The minimum Gasteiger partial charge on any atom is -0.492 e. The summed E-state index contributed by atoms with van der Waals surface area (Å²) in [6, 6.07) is 25.5. The van der Waals surface area contributed by atoms with Crippen LogP contribution in [0.5, 0.6) is 11.5 Å². The van der Waals surface area contributed by atoms with Gasteiger partial charge in [0.1, 0.15) is 24.7 Å². The normalized spacial score (nSPS) is 14.8. The van der Waals surface area contributed by atoms with Crippen molar-refractivity contribution in [2.75, 3.05) is 84.4 Å². The van der Waals surface area contributed by atoms with Crippen LogP contribution in [0.4, 0.5) is 46.0 Å². The maximum Gasteiger partial charge on any atom is 0.257 e. The van der Waals surface area contributed by atoms with Gasteiger partial charge in [0.15, 0.2) is 0 Å². The molecule has 4 heterocycles. The number of carbonyl (C=O) groups excluding carboxylic acids is 4. The average molecular weight is 1080 g/mol. The Morgan fingerprint density at radius 2 is 0.974 bits per heavy atom. The Hall–Kier alpha value is -7.67. The van der Waals surface area contributed by atoms with E-state index in [1.807, 2.05) is 76.2 Å². The predicted octanol–water partition coefficient (Wildman–Crippen LogP) is 11.4. The number of nitrogens with one attached hydrogen (secondary N) is 6. The van der Waals surface area contributed by atoms with Crippen molar-refractivity contribution in [3.05, 3.63) is 131 Å². The molecule has 1 aliphatic carbocycles. The molecule has 6 N–H and O–H groups in total. The fourth-order valence-electron chi connectivity index (χ4n) is 9.09. The van der Waals surface area contributed by atoms with Gasteiger partial charge in [-0.15, -0.1) is 0 Å². The number of carbonyl (C=O) groups is 4. The number of aromatic nitrogens is 4. The number of nitrogens with zero attached hydrogens (tertiary/aromatic N) is 6. The van der Waals surface area contributed by atoms with Crippen molar-refractivity contribution in [1.82, 2.24) is 29.7 Å². The first kappa shape index (κ1) is 56.5. The molecule has 4 aromatic carbocycles. The minimum absolute atomic E-state index is 0.00967. The molecule has 2 saturated heterocycles. The van der Waals surface area contributed by atoms with Gasteiger partial charge in [0, 0.05) is 52.7 Å². The lowest BCUT2D eigenvalue weighted by molar-refractivity contribution is -0.123. The summed E-state index contributed by atoms with van der Waals surface area (Å²) in [5, 5.41) is 18.0. The van der Waals surface area contributed by atoms with Crippen LogP contribution >= 0.6 is 11.6 Å². The zero-order chi connectivity index (χ0) is 54.9. The number of likely N-dealkylation sites (tertiary alicyclic amines) is 2. The summed E-state index contributed by atoms with van der Waals surface area (Å²) in [6.07, 6.45) is 16.4. The van der Waals surface area contributed by atoms with Crippen LogP contribution in [0.25, 0.3) is 0 Å². The van der Waals surface area contributed by atoms with E-state index in [0.29, 0.717) is 53.4 Å². The van der Waals surface area contributed by atoms with E-state index in [-0.39, 0.29) is 34.2 Å². The van der Waals surface area contributed by atoms with Crippen molar-refractivity contribution >= 4 is 81.3 Å².